The van der Waals surface area contributed by atoms with Gasteiger partial charge in [-0.05, 0) is 204 Å². The van der Waals surface area contributed by atoms with E-state index >= 15 is 0 Å². The number of para-hydroxylation sites is 1. The van der Waals surface area contributed by atoms with Crippen molar-refractivity contribution in [1.29, 1.82) is 0 Å². The molecule has 426 valence electrons. The Hall–Kier alpha value is -11.0. The van der Waals surface area contributed by atoms with Gasteiger partial charge in [0.25, 0.3) is 0 Å². The van der Waals surface area contributed by atoms with Crippen LogP contribution in [0.3, 0.4) is 0 Å². The highest BCUT2D eigenvalue weighted by Gasteiger charge is 2.51. The molecule has 3 heteroatoms. The minimum Gasteiger partial charge on any atom is -0.455 e. The van der Waals surface area contributed by atoms with Gasteiger partial charge < -0.3 is 14.2 Å². The molecule has 0 N–H and O–H groups in total. The van der Waals surface area contributed by atoms with Crippen molar-refractivity contribution in [3.8, 4) is 66.8 Å². The van der Waals surface area contributed by atoms with Crippen LogP contribution >= 0.6 is 0 Å². The summed E-state index contributed by atoms with van der Waals surface area (Å²) in [7, 11) is 0. The maximum absolute atomic E-state index is 7.57. The van der Waals surface area contributed by atoms with Crippen LogP contribution in [0.15, 0.2) is 302 Å². The highest BCUT2D eigenvalue weighted by molar-refractivity contribution is 6.28. The van der Waals surface area contributed by atoms with Crippen molar-refractivity contribution in [3.05, 3.63) is 325 Å². The molecule has 1 aromatic heterocycles. The summed E-state index contributed by atoms with van der Waals surface area (Å²) in [6.45, 7) is 7.26. The maximum atomic E-state index is 7.57. The van der Waals surface area contributed by atoms with E-state index in [-0.39, 0.29) is 5.41 Å². The van der Waals surface area contributed by atoms with Gasteiger partial charge in [0.05, 0.1) is 17.1 Å². The average Bonchev–Trinajstić information content (AvgIpc) is 1.76. The molecular formula is C87H62N2O. The molecule has 0 amide bonds. The molecule has 0 radical (unpaired) electrons. The number of nitrogens with zero attached hydrogens (tertiary/aromatic N) is 2. The molecule has 0 spiro atoms. The van der Waals surface area contributed by atoms with Gasteiger partial charge in [-0.1, -0.05) is 232 Å². The summed E-state index contributed by atoms with van der Waals surface area (Å²) >= 11 is 0. The van der Waals surface area contributed by atoms with Crippen molar-refractivity contribution in [3.63, 3.8) is 0 Å². The Bertz CT molecular complexity index is 5410. The first-order valence-electron chi connectivity index (χ1n) is 31.8. The Kier molecular flexibility index (Phi) is 11.6. The summed E-state index contributed by atoms with van der Waals surface area (Å²) in [5.41, 5.74) is 29.1. The lowest BCUT2D eigenvalue weighted by Gasteiger charge is -2.44. The summed E-state index contributed by atoms with van der Waals surface area (Å²) in [4.78, 5) is 5.03. The third-order valence-electron chi connectivity index (χ3n) is 20.7. The average molecular weight is 1150 g/mol. The van der Waals surface area contributed by atoms with Crippen LogP contribution in [0.5, 0.6) is 0 Å². The fourth-order valence-corrected chi connectivity index (χ4v) is 16.5. The lowest BCUT2D eigenvalue weighted by atomic mass is 9.68. The molecule has 18 rings (SSSR count). The normalized spacial score (nSPS) is 14.8. The van der Waals surface area contributed by atoms with Crippen molar-refractivity contribution in [1.82, 2.24) is 0 Å². The van der Waals surface area contributed by atoms with Gasteiger partial charge in [0.1, 0.15) is 11.2 Å². The standard InChI is InChI=1S/C87H62N2O/c1-4-87(5-2)74-37-20-18-34-68(74)72-53-76-79(54-75(72)87)89(78-38-22-35-69-67-33-17-19-36-73(67)86(76,3)84(69)78)77-49-48-70-83-80(50-44-59-40-39-58-27-15-16-32-66(58)81(59)83)90-85(70)82(77)61-28-21-31-64(51-61)88(62-29-13-8-14-30-62)63-45-41-55(42-46-63)60-43-47-65(56-23-9-6-10-24-56)71(52-60)57-25-11-7-12-26-57/h6-54H,4-5H2,1-3H3. The van der Waals surface area contributed by atoms with E-state index in [1.807, 2.05) is 0 Å². The number of fused-ring (bicyclic) bond motifs is 15. The predicted molar refractivity (Wildman–Crippen MR) is 378 cm³/mol. The molecule has 3 nitrogen and oxygen atoms in total. The number of benzene rings is 14. The van der Waals surface area contributed by atoms with E-state index in [0.717, 1.165) is 79.8 Å². The van der Waals surface area contributed by atoms with Gasteiger partial charge in [-0.3, -0.25) is 0 Å². The molecule has 0 saturated carbocycles. The molecule has 14 aromatic carbocycles. The van der Waals surface area contributed by atoms with Crippen LogP contribution in [0.2, 0.25) is 0 Å². The van der Waals surface area contributed by atoms with Crippen molar-refractivity contribution in [2.75, 3.05) is 9.80 Å². The third-order valence-corrected chi connectivity index (χ3v) is 20.7. The second kappa shape index (κ2) is 20.0. The van der Waals surface area contributed by atoms with Crippen molar-refractivity contribution < 1.29 is 4.42 Å². The van der Waals surface area contributed by atoms with Gasteiger partial charge in [-0.15, -0.1) is 0 Å². The second-order valence-electron chi connectivity index (χ2n) is 25.0. The molecule has 15 aromatic rings. The number of anilines is 6. The van der Waals surface area contributed by atoms with Crippen LogP contribution in [0.1, 0.15) is 61.4 Å². The monoisotopic (exact) mass is 1150 g/mol. The van der Waals surface area contributed by atoms with Crippen LogP contribution in [-0.2, 0) is 10.8 Å². The fourth-order valence-electron chi connectivity index (χ4n) is 16.5. The van der Waals surface area contributed by atoms with E-state index in [9.17, 15) is 0 Å². The molecular weight excluding hydrogens is 1090 g/mol. The molecule has 0 bridgehead atoms. The second-order valence-corrected chi connectivity index (χ2v) is 25.0. The lowest BCUT2D eigenvalue weighted by molar-refractivity contribution is 0.490. The van der Waals surface area contributed by atoms with Gasteiger partial charge in [0, 0.05) is 49.6 Å². The zero-order valence-corrected chi connectivity index (χ0v) is 50.5. The van der Waals surface area contributed by atoms with Crippen molar-refractivity contribution in [2.45, 2.75) is 44.4 Å². The summed E-state index contributed by atoms with van der Waals surface area (Å²) in [5.74, 6) is 0. The molecule has 90 heavy (non-hydrogen) atoms. The molecule has 1 atom stereocenters. The SMILES string of the molecule is CCC1(CC)c2ccccc2-c2cc3c(cc21)N(c1ccc2c(oc4ccc5ccc6ccccc6c5c42)c1-c1cccc(N(c2ccccc2)c2ccc(-c4ccc(-c5ccccc5)c(-c5ccccc5)c4)cc2)c1)c1cccc2c1C3(C)c1ccccc1-2. The summed E-state index contributed by atoms with van der Waals surface area (Å²) in [6.07, 6.45) is 1.99. The van der Waals surface area contributed by atoms with Crippen LogP contribution < -0.4 is 9.80 Å². The highest BCUT2D eigenvalue weighted by Crippen LogP contribution is 2.66. The number of furan rings is 1. The van der Waals surface area contributed by atoms with Gasteiger partial charge in [0.15, 0.2) is 0 Å². The smallest absolute Gasteiger partial charge is 0.145 e. The quantitative estimate of drug-likeness (QED) is 0.127. The fraction of sp³-hybridized carbons (Fsp3) is 0.0805. The minimum atomic E-state index is -0.437. The topological polar surface area (TPSA) is 19.6 Å². The first kappa shape index (κ1) is 52.2. The van der Waals surface area contributed by atoms with Crippen molar-refractivity contribution in [2.24, 2.45) is 0 Å². The molecule has 0 saturated heterocycles. The Balaban J connectivity index is 0.873. The largest absolute Gasteiger partial charge is 0.455 e. The Morgan fingerprint density at radius 3 is 1.73 bits per heavy atom. The third kappa shape index (κ3) is 7.47. The minimum absolute atomic E-state index is 0.149. The molecule has 3 aliphatic rings. The number of hydrogen-bond acceptors (Lipinski definition) is 3. The summed E-state index contributed by atoms with van der Waals surface area (Å²) in [5, 5.41) is 7.05. The first-order chi connectivity index (χ1) is 44.4. The zero-order chi connectivity index (χ0) is 59.8. The van der Waals surface area contributed by atoms with Gasteiger partial charge in [-0.25, -0.2) is 0 Å². The Morgan fingerprint density at radius 2 is 0.956 bits per heavy atom. The molecule has 0 fully saturated rings. The van der Waals surface area contributed by atoms with Crippen molar-refractivity contribution >= 4 is 77.6 Å². The van der Waals surface area contributed by atoms with E-state index in [4.69, 9.17) is 4.42 Å². The predicted octanol–water partition coefficient (Wildman–Crippen LogP) is 24.2. The van der Waals surface area contributed by atoms with Crippen LogP contribution in [0.25, 0.3) is 110 Å². The van der Waals surface area contributed by atoms with E-state index in [2.05, 4.69) is 328 Å². The van der Waals surface area contributed by atoms with Crippen LogP contribution in [0.4, 0.5) is 34.1 Å². The Labute approximate surface area is 525 Å². The first-order valence-corrected chi connectivity index (χ1v) is 31.8. The maximum Gasteiger partial charge on any atom is 0.145 e. The number of rotatable bonds is 10. The van der Waals surface area contributed by atoms with Crippen LogP contribution in [-0.4, -0.2) is 0 Å². The van der Waals surface area contributed by atoms with Gasteiger partial charge in [0.2, 0.25) is 0 Å². The van der Waals surface area contributed by atoms with Gasteiger partial charge in [-0.2, -0.15) is 0 Å². The lowest BCUT2D eigenvalue weighted by Crippen LogP contribution is -2.33. The molecule has 1 aliphatic heterocycles. The Morgan fingerprint density at radius 1 is 0.344 bits per heavy atom. The molecule has 2 aliphatic carbocycles. The zero-order valence-electron chi connectivity index (χ0n) is 50.5. The summed E-state index contributed by atoms with van der Waals surface area (Å²) in [6, 6.07) is 111. The summed E-state index contributed by atoms with van der Waals surface area (Å²) < 4.78 is 7.57. The van der Waals surface area contributed by atoms with E-state index in [1.54, 1.807) is 0 Å². The van der Waals surface area contributed by atoms with E-state index in [1.165, 1.54) is 105 Å². The number of hydrogen-bond donors (Lipinski definition) is 0. The van der Waals surface area contributed by atoms with E-state index < -0.39 is 5.41 Å². The highest BCUT2D eigenvalue weighted by atomic mass is 16.3. The van der Waals surface area contributed by atoms with Gasteiger partial charge >= 0.3 is 0 Å². The van der Waals surface area contributed by atoms with Crippen LogP contribution in [0, 0.1) is 0 Å². The molecule has 1 unspecified atom stereocenters. The van der Waals surface area contributed by atoms with E-state index in [0.29, 0.717) is 0 Å². The molecule has 2 heterocycles.